The topological polar surface area (TPSA) is 64.3 Å². The van der Waals surface area contributed by atoms with E-state index in [1.54, 1.807) is 6.92 Å². The maximum absolute atomic E-state index is 11.2. The highest BCUT2D eigenvalue weighted by Gasteiger charge is 2.19. The first kappa shape index (κ1) is 13.7. The third-order valence-corrected chi connectivity index (χ3v) is 2.60. The number of benzene rings is 1. The van der Waals surface area contributed by atoms with E-state index in [-0.39, 0.29) is 11.4 Å². The molecule has 102 valence electrons. The molecule has 2 rings (SSSR count). The molecular weight excluding hydrogens is 256 g/mol. The van der Waals surface area contributed by atoms with Crippen molar-refractivity contribution in [3.63, 3.8) is 0 Å². The lowest BCUT2D eigenvalue weighted by atomic mass is 10.3. The Bertz CT molecular complexity index is 651. The van der Waals surface area contributed by atoms with Gasteiger partial charge in [0.25, 0.3) is 0 Å². The molecule has 0 amide bonds. The van der Waals surface area contributed by atoms with E-state index < -0.39 is 5.97 Å². The number of aromatic nitrogens is 2. The van der Waals surface area contributed by atoms with Crippen LogP contribution in [0.1, 0.15) is 23.7 Å². The lowest BCUT2D eigenvalue weighted by Gasteiger charge is -2.09. The number of hydrogen-bond donors (Lipinski definition) is 1. The molecule has 0 aliphatic heterocycles. The molecule has 5 heteroatoms. The number of hydrogen-bond acceptors (Lipinski definition) is 3. The van der Waals surface area contributed by atoms with Crippen molar-refractivity contribution in [2.45, 2.75) is 13.3 Å². The first-order chi connectivity index (χ1) is 9.74. The van der Waals surface area contributed by atoms with Crippen LogP contribution in [0.4, 0.5) is 0 Å². The molecule has 0 fully saturated rings. The SMILES string of the molecule is CC#CCCOc1c(C(=O)O)cnn1-c1ccccc1. The van der Waals surface area contributed by atoms with Crippen molar-refractivity contribution >= 4 is 5.97 Å². The van der Waals surface area contributed by atoms with Crippen LogP contribution in [-0.2, 0) is 0 Å². The van der Waals surface area contributed by atoms with Gasteiger partial charge in [-0.25, -0.2) is 9.48 Å². The zero-order valence-corrected chi connectivity index (χ0v) is 11.0. The Balaban J connectivity index is 2.32. The van der Waals surface area contributed by atoms with Crippen molar-refractivity contribution in [3.05, 3.63) is 42.1 Å². The largest absolute Gasteiger partial charge is 0.477 e. The van der Waals surface area contributed by atoms with Gasteiger partial charge in [-0.05, 0) is 19.1 Å². The Morgan fingerprint density at radius 2 is 2.15 bits per heavy atom. The molecule has 0 unspecified atom stereocenters. The lowest BCUT2D eigenvalue weighted by molar-refractivity contribution is 0.0692. The fourth-order valence-corrected chi connectivity index (χ4v) is 1.70. The van der Waals surface area contributed by atoms with Crippen LogP contribution in [0.2, 0.25) is 0 Å². The number of rotatable bonds is 5. The monoisotopic (exact) mass is 270 g/mol. The third kappa shape index (κ3) is 2.98. The maximum Gasteiger partial charge on any atom is 0.342 e. The fraction of sp³-hybridized carbons (Fsp3) is 0.200. The van der Waals surface area contributed by atoms with Crippen LogP contribution in [0, 0.1) is 11.8 Å². The van der Waals surface area contributed by atoms with Crippen LogP contribution in [0.25, 0.3) is 5.69 Å². The lowest BCUT2D eigenvalue weighted by Crippen LogP contribution is -2.07. The molecule has 1 aromatic carbocycles. The molecule has 0 spiro atoms. The second-order valence-electron chi connectivity index (χ2n) is 3.94. The summed E-state index contributed by atoms with van der Waals surface area (Å²) in [7, 11) is 0. The first-order valence-electron chi connectivity index (χ1n) is 6.13. The molecule has 0 bridgehead atoms. The van der Waals surface area contributed by atoms with Crippen LogP contribution in [0.3, 0.4) is 0 Å². The van der Waals surface area contributed by atoms with E-state index >= 15 is 0 Å². The minimum atomic E-state index is -1.07. The van der Waals surface area contributed by atoms with Gasteiger partial charge in [0.05, 0.1) is 11.9 Å². The quantitative estimate of drug-likeness (QED) is 0.669. The molecule has 2 aromatic rings. The maximum atomic E-state index is 11.2. The molecule has 0 saturated carbocycles. The minimum Gasteiger partial charge on any atom is -0.477 e. The third-order valence-electron chi connectivity index (χ3n) is 2.60. The number of carbonyl (C=O) groups is 1. The van der Waals surface area contributed by atoms with E-state index in [0.29, 0.717) is 13.0 Å². The summed E-state index contributed by atoms with van der Waals surface area (Å²) in [6.07, 6.45) is 1.83. The number of nitrogens with zero attached hydrogens (tertiary/aromatic N) is 2. The summed E-state index contributed by atoms with van der Waals surface area (Å²) in [6.45, 7) is 2.07. The van der Waals surface area contributed by atoms with Gasteiger partial charge in [0.2, 0.25) is 5.88 Å². The molecule has 5 nitrogen and oxygen atoms in total. The van der Waals surface area contributed by atoms with Crippen molar-refractivity contribution in [1.82, 2.24) is 9.78 Å². The van der Waals surface area contributed by atoms with Crippen LogP contribution in [0.15, 0.2) is 36.5 Å². The van der Waals surface area contributed by atoms with Crippen molar-refractivity contribution in [3.8, 4) is 23.4 Å². The van der Waals surface area contributed by atoms with E-state index in [1.807, 2.05) is 30.3 Å². The Hall–Kier alpha value is -2.74. The van der Waals surface area contributed by atoms with Crippen LogP contribution in [0.5, 0.6) is 5.88 Å². The molecule has 0 aliphatic carbocycles. The van der Waals surface area contributed by atoms with Crippen molar-refractivity contribution in [2.24, 2.45) is 0 Å². The van der Waals surface area contributed by atoms with Gasteiger partial charge in [-0.3, -0.25) is 0 Å². The van der Waals surface area contributed by atoms with Crippen LogP contribution < -0.4 is 4.74 Å². The summed E-state index contributed by atoms with van der Waals surface area (Å²) in [5.41, 5.74) is 0.787. The number of carboxylic acids is 1. The predicted octanol–water partition coefficient (Wildman–Crippen LogP) is 2.36. The number of carboxylic acid groups (broad SMARTS) is 1. The minimum absolute atomic E-state index is 0.0401. The van der Waals surface area contributed by atoms with Crippen molar-refractivity contribution in [1.29, 1.82) is 0 Å². The van der Waals surface area contributed by atoms with Crippen molar-refractivity contribution in [2.75, 3.05) is 6.61 Å². The first-order valence-corrected chi connectivity index (χ1v) is 6.13. The summed E-state index contributed by atoms with van der Waals surface area (Å²) in [5.74, 6) is 4.79. The van der Waals surface area contributed by atoms with Gasteiger partial charge in [0.15, 0.2) is 0 Å². The highest BCUT2D eigenvalue weighted by atomic mass is 16.5. The second kappa shape index (κ2) is 6.43. The molecule has 0 atom stereocenters. The van der Waals surface area contributed by atoms with Gasteiger partial charge in [0.1, 0.15) is 12.2 Å². The van der Waals surface area contributed by atoms with E-state index in [0.717, 1.165) is 5.69 Å². The van der Waals surface area contributed by atoms with Gasteiger partial charge in [-0.2, -0.15) is 5.10 Å². The van der Waals surface area contributed by atoms with E-state index in [9.17, 15) is 4.79 Å². The number of aromatic carboxylic acids is 1. The highest BCUT2D eigenvalue weighted by molar-refractivity contribution is 5.90. The molecule has 0 saturated heterocycles. The summed E-state index contributed by atoms with van der Waals surface area (Å²) in [6, 6.07) is 9.24. The molecular formula is C15H14N2O3. The molecule has 0 aliphatic rings. The summed E-state index contributed by atoms with van der Waals surface area (Å²) >= 11 is 0. The van der Waals surface area contributed by atoms with E-state index in [4.69, 9.17) is 9.84 Å². The smallest absolute Gasteiger partial charge is 0.342 e. The Labute approximate surface area is 116 Å². The summed E-state index contributed by atoms with van der Waals surface area (Å²) < 4.78 is 7.02. The Kier molecular flexibility index (Phi) is 4.40. The van der Waals surface area contributed by atoms with Crippen LogP contribution in [-0.4, -0.2) is 27.5 Å². The van der Waals surface area contributed by atoms with Crippen LogP contribution >= 0.6 is 0 Å². The van der Waals surface area contributed by atoms with E-state index in [1.165, 1.54) is 10.9 Å². The summed E-state index contributed by atoms with van der Waals surface area (Å²) in [5, 5.41) is 13.2. The number of para-hydroxylation sites is 1. The number of ether oxygens (including phenoxy) is 1. The standard InChI is InChI=1S/C15H14N2O3/c1-2-3-7-10-20-14-13(15(18)19)11-16-17(14)12-8-5-4-6-9-12/h4-6,8-9,11H,7,10H2,1H3,(H,18,19). The predicted molar refractivity (Wildman–Crippen MR) is 74.1 cm³/mol. The van der Waals surface area contributed by atoms with Gasteiger partial charge < -0.3 is 9.84 Å². The van der Waals surface area contributed by atoms with Crippen molar-refractivity contribution < 1.29 is 14.6 Å². The average Bonchev–Trinajstić information content (AvgIpc) is 2.88. The van der Waals surface area contributed by atoms with Gasteiger partial charge in [-0.1, -0.05) is 18.2 Å². The normalized spacial score (nSPS) is 9.65. The molecule has 1 N–H and O–H groups in total. The Morgan fingerprint density at radius 1 is 1.40 bits per heavy atom. The zero-order valence-electron chi connectivity index (χ0n) is 11.0. The Morgan fingerprint density at radius 3 is 2.80 bits per heavy atom. The molecule has 1 aromatic heterocycles. The highest BCUT2D eigenvalue weighted by Crippen LogP contribution is 2.22. The average molecular weight is 270 g/mol. The molecule has 0 radical (unpaired) electrons. The summed E-state index contributed by atoms with van der Waals surface area (Å²) in [4.78, 5) is 11.2. The van der Waals surface area contributed by atoms with Gasteiger partial charge in [0, 0.05) is 6.42 Å². The molecule has 1 heterocycles. The second-order valence-corrected chi connectivity index (χ2v) is 3.94. The van der Waals surface area contributed by atoms with Gasteiger partial charge in [-0.15, -0.1) is 11.8 Å². The van der Waals surface area contributed by atoms with E-state index in [2.05, 4.69) is 16.9 Å². The van der Waals surface area contributed by atoms with Gasteiger partial charge >= 0.3 is 5.97 Å². The zero-order chi connectivity index (χ0) is 14.4. The fourth-order valence-electron chi connectivity index (χ4n) is 1.70. The molecule has 20 heavy (non-hydrogen) atoms.